The molecule has 5 rings (SSSR count). The highest BCUT2D eigenvalue weighted by atomic mass is 32.2. The minimum atomic E-state index is -0.379. The zero-order valence-electron chi connectivity index (χ0n) is 25.2. The topological polar surface area (TPSA) is 104 Å². The number of methoxy groups -OCH3 is 4. The van der Waals surface area contributed by atoms with Crippen LogP contribution < -0.4 is 24.4 Å². The molecular formula is C33H36N4O6S. The smallest absolute Gasteiger partial charge is 0.240 e. The second-order valence-corrected chi connectivity index (χ2v) is 11.1. The molecule has 0 spiro atoms. The SMILES string of the molecule is COCCCNC(=O)CN1C(=O)CS[C@@H](c2cc(OC)ccc2OC)c2c(-c3ccccc3)nn(-c3ccc(OC)cc3)c21. The summed E-state index contributed by atoms with van der Waals surface area (Å²) in [7, 11) is 6.47. The van der Waals surface area contributed by atoms with E-state index < -0.39 is 0 Å². The van der Waals surface area contributed by atoms with E-state index in [9.17, 15) is 9.59 Å². The molecule has 0 saturated heterocycles. The van der Waals surface area contributed by atoms with Crippen LogP contribution in [-0.4, -0.2) is 75.5 Å². The van der Waals surface area contributed by atoms with Gasteiger partial charge in [0, 0.05) is 37.0 Å². The van der Waals surface area contributed by atoms with Gasteiger partial charge >= 0.3 is 0 Å². The molecule has 44 heavy (non-hydrogen) atoms. The summed E-state index contributed by atoms with van der Waals surface area (Å²) < 4.78 is 23.7. The lowest BCUT2D eigenvalue weighted by molar-refractivity contribution is -0.122. The number of nitrogens with zero attached hydrogens (tertiary/aromatic N) is 3. The highest BCUT2D eigenvalue weighted by Crippen LogP contribution is 2.51. The Morgan fingerprint density at radius 1 is 0.955 bits per heavy atom. The van der Waals surface area contributed by atoms with E-state index in [1.165, 1.54) is 11.8 Å². The van der Waals surface area contributed by atoms with Gasteiger partial charge in [-0.15, -0.1) is 11.8 Å². The number of hydrogen-bond donors (Lipinski definition) is 1. The van der Waals surface area contributed by atoms with Gasteiger partial charge in [-0.1, -0.05) is 30.3 Å². The molecule has 2 heterocycles. The van der Waals surface area contributed by atoms with Crippen molar-refractivity contribution in [3.8, 4) is 34.2 Å². The molecule has 0 bridgehead atoms. The fourth-order valence-corrected chi connectivity index (χ4v) is 6.38. The predicted molar refractivity (Wildman–Crippen MR) is 171 cm³/mol. The number of anilines is 1. The summed E-state index contributed by atoms with van der Waals surface area (Å²) in [4.78, 5) is 28.8. The maximum absolute atomic E-state index is 14.0. The van der Waals surface area contributed by atoms with E-state index in [4.69, 9.17) is 24.0 Å². The van der Waals surface area contributed by atoms with Gasteiger partial charge in [0.1, 0.15) is 29.6 Å². The van der Waals surface area contributed by atoms with Crippen molar-refractivity contribution in [1.82, 2.24) is 15.1 Å². The van der Waals surface area contributed by atoms with Crippen LogP contribution in [0, 0.1) is 0 Å². The third kappa shape index (κ3) is 6.53. The number of hydrogen-bond acceptors (Lipinski definition) is 8. The average Bonchev–Trinajstić information content (AvgIpc) is 3.39. The quantitative estimate of drug-likeness (QED) is 0.225. The molecule has 11 heteroatoms. The number of aromatic nitrogens is 2. The summed E-state index contributed by atoms with van der Waals surface area (Å²) in [6.07, 6.45) is 0.664. The van der Waals surface area contributed by atoms with Crippen molar-refractivity contribution in [2.75, 3.05) is 58.8 Å². The second kappa shape index (κ2) is 14.3. The summed E-state index contributed by atoms with van der Waals surface area (Å²) in [5.74, 6) is 2.18. The summed E-state index contributed by atoms with van der Waals surface area (Å²) >= 11 is 1.47. The lowest BCUT2D eigenvalue weighted by Gasteiger charge is -2.24. The van der Waals surface area contributed by atoms with E-state index in [0.29, 0.717) is 54.0 Å². The lowest BCUT2D eigenvalue weighted by atomic mass is 9.98. The van der Waals surface area contributed by atoms with Gasteiger partial charge in [0.15, 0.2) is 0 Å². The molecule has 10 nitrogen and oxygen atoms in total. The monoisotopic (exact) mass is 616 g/mol. The van der Waals surface area contributed by atoms with Crippen LogP contribution in [0.15, 0.2) is 72.8 Å². The number of rotatable bonds is 12. The largest absolute Gasteiger partial charge is 0.497 e. The lowest BCUT2D eigenvalue weighted by Crippen LogP contribution is -2.42. The molecule has 2 amide bonds. The maximum atomic E-state index is 14.0. The standard InChI is InChI=1S/C33H36N4O6S/c1-40-18-8-17-34-28(38)20-36-29(39)21-44-32(26-19-25(42-3)15-16-27(26)43-4)30-31(22-9-6-5-7-10-22)35-37(33(30)36)23-11-13-24(41-2)14-12-23/h5-7,9-16,19,32H,8,17-18,20-21H2,1-4H3,(H,34,38)/t32-/m0/s1. The molecule has 1 aromatic heterocycles. The van der Waals surface area contributed by atoms with E-state index >= 15 is 0 Å². The van der Waals surface area contributed by atoms with E-state index in [1.807, 2.05) is 72.8 Å². The first-order chi connectivity index (χ1) is 21.5. The molecule has 3 aromatic carbocycles. The highest BCUT2D eigenvalue weighted by Gasteiger charge is 2.38. The Morgan fingerprint density at radius 2 is 1.68 bits per heavy atom. The number of ether oxygens (including phenoxy) is 4. The number of benzene rings is 3. The summed E-state index contributed by atoms with van der Waals surface area (Å²) in [6.45, 7) is 0.794. The van der Waals surface area contributed by atoms with Crippen molar-refractivity contribution < 1.29 is 28.5 Å². The Bertz CT molecular complexity index is 1590. The minimum absolute atomic E-state index is 0.132. The minimum Gasteiger partial charge on any atom is -0.497 e. The van der Waals surface area contributed by atoms with Gasteiger partial charge in [0.25, 0.3) is 0 Å². The van der Waals surface area contributed by atoms with Crippen molar-refractivity contribution >= 4 is 29.4 Å². The molecule has 0 fully saturated rings. The Morgan fingerprint density at radius 3 is 2.36 bits per heavy atom. The highest BCUT2D eigenvalue weighted by molar-refractivity contribution is 8.00. The zero-order valence-corrected chi connectivity index (χ0v) is 26.1. The Hall–Kier alpha value is -4.48. The molecule has 0 aliphatic carbocycles. The summed E-state index contributed by atoms with van der Waals surface area (Å²) in [6, 6.07) is 22.9. The summed E-state index contributed by atoms with van der Waals surface area (Å²) in [5, 5.41) is 7.67. The Balaban J connectivity index is 1.75. The second-order valence-electron chi connectivity index (χ2n) is 10.0. The zero-order chi connectivity index (χ0) is 31.1. The number of amides is 2. The molecule has 0 saturated carbocycles. The first kappa shape index (κ1) is 31.0. The van der Waals surface area contributed by atoms with E-state index in [2.05, 4.69) is 5.32 Å². The number of carbonyl (C=O) groups excluding carboxylic acids is 2. The Kier molecular flexibility index (Phi) is 10.1. The Labute approximate surface area is 261 Å². The van der Waals surface area contributed by atoms with Gasteiger partial charge in [-0.3, -0.25) is 14.5 Å². The van der Waals surface area contributed by atoms with Crippen LogP contribution >= 0.6 is 11.8 Å². The first-order valence-corrected chi connectivity index (χ1v) is 15.3. The molecule has 1 aliphatic rings. The van der Waals surface area contributed by atoms with Crippen LogP contribution in [0.1, 0.15) is 22.8 Å². The van der Waals surface area contributed by atoms with Gasteiger partial charge in [0.05, 0.1) is 43.7 Å². The van der Waals surface area contributed by atoms with Crippen molar-refractivity contribution in [2.24, 2.45) is 0 Å². The van der Waals surface area contributed by atoms with Gasteiger partial charge < -0.3 is 24.3 Å². The number of fused-ring (bicyclic) bond motifs is 1. The summed E-state index contributed by atoms with van der Waals surface area (Å²) in [5.41, 5.74) is 3.91. The van der Waals surface area contributed by atoms with E-state index in [-0.39, 0.29) is 29.4 Å². The molecule has 0 radical (unpaired) electrons. The van der Waals surface area contributed by atoms with Gasteiger partial charge in [-0.2, -0.15) is 5.10 Å². The first-order valence-electron chi connectivity index (χ1n) is 14.2. The molecular weight excluding hydrogens is 580 g/mol. The van der Waals surface area contributed by atoms with Crippen LogP contribution in [0.2, 0.25) is 0 Å². The maximum Gasteiger partial charge on any atom is 0.240 e. The van der Waals surface area contributed by atoms with Crippen molar-refractivity contribution in [3.05, 3.63) is 83.9 Å². The molecule has 1 N–H and O–H groups in total. The molecule has 4 aromatic rings. The van der Waals surface area contributed by atoms with Gasteiger partial charge in [-0.25, -0.2) is 4.68 Å². The number of thioether (sulfide) groups is 1. The normalized spacial score (nSPS) is 14.5. The van der Waals surface area contributed by atoms with Crippen molar-refractivity contribution in [2.45, 2.75) is 11.7 Å². The van der Waals surface area contributed by atoms with Crippen LogP contribution in [0.4, 0.5) is 5.82 Å². The molecule has 1 aliphatic heterocycles. The van der Waals surface area contributed by atoms with Gasteiger partial charge in [0.2, 0.25) is 11.8 Å². The average molecular weight is 617 g/mol. The number of carbonyl (C=O) groups is 2. The van der Waals surface area contributed by atoms with Crippen LogP contribution in [-0.2, 0) is 14.3 Å². The van der Waals surface area contributed by atoms with Crippen LogP contribution in [0.25, 0.3) is 16.9 Å². The molecule has 0 unspecified atom stereocenters. The van der Waals surface area contributed by atoms with Crippen LogP contribution in [0.3, 0.4) is 0 Å². The fourth-order valence-electron chi connectivity index (χ4n) is 5.17. The molecule has 230 valence electrons. The van der Waals surface area contributed by atoms with Crippen molar-refractivity contribution in [1.29, 1.82) is 0 Å². The van der Waals surface area contributed by atoms with Crippen molar-refractivity contribution in [3.63, 3.8) is 0 Å². The van der Waals surface area contributed by atoms with Gasteiger partial charge in [-0.05, 0) is 48.9 Å². The fraction of sp³-hybridized carbons (Fsp3) is 0.303. The molecule has 1 atom stereocenters. The van der Waals surface area contributed by atoms with E-state index in [1.54, 1.807) is 38.0 Å². The number of nitrogens with one attached hydrogen (secondary N) is 1. The predicted octanol–water partition coefficient (Wildman–Crippen LogP) is 4.89. The third-order valence-corrected chi connectivity index (χ3v) is 8.56. The third-order valence-electron chi connectivity index (χ3n) is 7.32. The van der Waals surface area contributed by atoms with E-state index in [0.717, 1.165) is 16.7 Å². The van der Waals surface area contributed by atoms with Crippen LogP contribution in [0.5, 0.6) is 17.2 Å².